The largest absolute Gasteiger partial charge is 0.345 e. The van der Waals surface area contributed by atoms with Gasteiger partial charge in [0, 0.05) is 32.1 Å². The van der Waals surface area contributed by atoms with Crippen LogP contribution in [-0.4, -0.2) is 67.1 Å². The Balaban J connectivity index is 1.56. The zero-order valence-corrected chi connectivity index (χ0v) is 13.1. The van der Waals surface area contributed by atoms with Crippen molar-refractivity contribution in [1.82, 2.24) is 0 Å². The molecular weight excluding hydrogens is 236 g/mol. The number of hydrogen-bond acceptors (Lipinski definition) is 1. The van der Waals surface area contributed by atoms with Gasteiger partial charge in [-0.05, 0) is 19.3 Å². The summed E-state index contributed by atoms with van der Waals surface area (Å²) in [6.07, 6.45) is 10.2. The van der Waals surface area contributed by atoms with Crippen molar-refractivity contribution in [2.75, 3.05) is 46.8 Å². The smallest absolute Gasteiger partial charge is 0.190 e. The molecule has 1 atom stereocenters. The fourth-order valence-corrected chi connectivity index (χ4v) is 3.99. The number of hydrogen-bond donors (Lipinski definition) is 1. The number of likely N-dealkylation sites (tertiary alicyclic amines) is 2. The Morgan fingerprint density at radius 3 is 2.05 bits per heavy atom. The van der Waals surface area contributed by atoms with Gasteiger partial charge in [0.1, 0.15) is 0 Å². The van der Waals surface area contributed by atoms with Crippen LogP contribution in [0.4, 0.5) is 0 Å². The van der Waals surface area contributed by atoms with Crippen molar-refractivity contribution >= 4 is 0 Å². The van der Waals surface area contributed by atoms with Crippen molar-refractivity contribution < 1.29 is 14.1 Å². The van der Waals surface area contributed by atoms with E-state index in [2.05, 4.69) is 14.1 Å². The van der Waals surface area contributed by atoms with Crippen LogP contribution < -0.4 is 0 Å². The lowest BCUT2D eigenvalue weighted by Crippen LogP contribution is -2.49. The maximum Gasteiger partial charge on any atom is 0.190 e. The third kappa shape index (κ3) is 4.17. The summed E-state index contributed by atoms with van der Waals surface area (Å²) in [6.45, 7) is 6.48. The minimum absolute atomic E-state index is 0.112. The van der Waals surface area contributed by atoms with Gasteiger partial charge in [-0.2, -0.15) is 0 Å². The summed E-state index contributed by atoms with van der Waals surface area (Å²) in [5.41, 5.74) is 0. The first-order chi connectivity index (χ1) is 9.04. The van der Waals surface area contributed by atoms with Crippen LogP contribution >= 0.6 is 0 Å². The second kappa shape index (κ2) is 6.55. The van der Waals surface area contributed by atoms with Gasteiger partial charge in [-0.1, -0.05) is 0 Å². The molecule has 0 aromatic rings. The van der Waals surface area contributed by atoms with Gasteiger partial charge in [0.2, 0.25) is 0 Å². The molecule has 2 saturated heterocycles. The Bertz CT molecular complexity index is 268. The molecule has 2 heterocycles. The molecule has 2 rings (SSSR count). The van der Waals surface area contributed by atoms with Crippen LogP contribution in [0.25, 0.3) is 0 Å². The van der Waals surface area contributed by atoms with E-state index in [1.165, 1.54) is 82.2 Å². The number of quaternary nitrogens is 2. The summed E-state index contributed by atoms with van der Waals surface area (Å²) in [5, 5.41) is 10.3. The molecule has 0 bridgehead atoms. The summed E-state index contributed by atoms with van der Waals surface area (Å²) in [5.74, 6) is 0. The van der Waals surface area contributed by atoms with Crippen LogP contribution in [0.2, 0.25) is 0 Å². The van der Waals surface area contributed by atoms with E-state index in [1.807, 2.05) is 0 Å². The first-order valence-corrected chi connectivity index (χ1v) is 8.40. The summed E-state index contributed by atoms with van der Waals surface area (Å²) in [6, 6.07) is 0. The number of nitrogens with zero attached hydrogens (tertiary/aromatic N) is 2. The SMILES string of the molecule is C[N+]1(CCCCCC(O)[N+]2(C)CCCC2)CCCC1. The second-order valence-electron chi connectivity index (χ2n) is 7.46. The maximum atomic E-state index is 10.3. The first kappa shape index (κ1) is 15.3. The molecule has 2 aliphatic rings. The van der Waals surface area contributed by atoms with E-state index in [4.69, 9.17) is 0 Å². The average molecular weight is 270 g/mol. The molecule has 112 valence electrons. The van der Waals surface area contributed by atoms with E-state index >= 15 is 0 Å². The Kier molecular flexibility index (Phi) is 5.27. The molecular formula is C16H34N2O+2. The molecule has 0 aromatic heterocycles. The summed E-state index contributed by atoms with van der Waals surface area (Å²) in [7, 11) is 4.65. The second-order valence-corrected chi connectivity index (χ2v) is 7.46. The molecule has 0 spiro atoms. The number of rotatable bonds is 7. The lowest BCUT2D eigenvalue weighted by atomic mass is 10.1. The van der Waals surface area contributed by atoms with Gasteiger partial charge in [0.25, 0.3) is 0 Å². The molecule has 1 N–H and O–H groups in total. The minimum Gasteiger partial charge on any atom is -0.345 e. The molecule has 0 aromatic carbocycles. The highest BCUT2D eigenvalue weighted by Gasteiger charge is 2.34. The highest BCUT2D eigenvalue weighted by atomic mass is 16.3. The number of aliphatic hydroxyl groups excluding tert-OH is 1. The Morgan fingerprint density at radius 2 is 1.42 bits per heavy atom. The molecule has 2 aliphatic heterocycles. The summed E-state index contributed by atoms with van der Waals surface area (Å²) >= 11 is 0. The zero-order chi connectivity index (χ0) is 13.8. The Hall–Kier alpha value is -0.120. The fourth-order valence-electron chi connectivity index (χ4n) is 3.99. The van der Waals surface area contributed by atoms with Gasteiger partial charge in [0.05, 0.1) is 46.8 Å². The predicted molar refractivity (Wildman–Crippen MR) is 79.6 cm³/mol. The number of unbranched alkanes of at least 4 members (excludes halogenated alkanes) is 2. The topological polar surface area (TPSA) is 20.2 Å². The molecule has 3 nitrogen and oxygen atoms in total. The van der Waals surface area contributed by atoms with Crippen molar-refractivity contribution in [3.05, 3.63) is 0 Å². The highest BCUT2D eigenvalue weighted by molar-refractivity contribution is 4.57. The summed E-state index contributed by atoms with van der Waals surface area (Å²) in [4.78, 5) is 0. The quantitative estimate of drug-likeness (QED) is 0.556. The molecule has 0 saturated carbocycles. The predicted octanol–water partition coefficient (Wildman–Crippen LogP) is 2.35. The summed E-state index contributed by atoms with van der Waals surface area (Å²) < 4.78 is 2.21. The van der Waals surface area contributed by atoms with Crippen molar-refractivity contribution in [1.29, 1.82) is 0 Å². The number of aliphatic hydroxyl groups is 1. The molecule has 2 fully saturated rings. The standard InChI is InChI=1S/C16H34N2O/c1-17(12-6-7-13-17)11-5-3-4-10-16(19)18(2)14-8-9-15-18/h16,19H,3-15H2,1-2H3/q+2. The van der Waals surface area contributed by atoms with Crippen LogP contribution in [0.15, 0.2) is 0 Å². The molecule has 0 amide bonds. The van der Waals surface area contributed by atoms with Crippen LogP contribution in [-0.2, 0) is 0 Å². The Labute approximate surface area is 119 Å². The van der Waals surface area contributed by atoms with Crippen molar-refractivity contribution in [2.24, 2.45) is 0 Å². The molecule has 0 radical (unpaired) electrons. The van der Waals surface area contributed by atoms with E-state index in [-0.39, 0.29) is 6.23 Å². The van der Waals surface area contributed by atoms with Gasteiger partial charge < -0.3 is 14.1 Å². The van der Waals surface area contributed by atoms with Gasteiger partial charge in [-0.3, -0.25) is 0 Å². The fraction of sp³-hybridized carbons (Fsp3) is 1.00. The van der Waals surface area contributed by atoms with E-state index in [9.17, 15) is 5.11 Å². The minimum atomic E-state index is -0.112. The van der Waals surface area contributed by atoms with Crippen molar-refractivity contribution in [3.63, 3.8) is 0 Å². The molecule has 3 heteroatoms. The third-order valence-electron chi connectivity index (χ3n) is 5.61. The lowest BCUT2D eigenvalue weighted by molar-refractivity contribution is -0.943. The van der Waals surface area contributed by atoms with Crippen LogP contribution in [0.3, 0.4) is 0 Å². The van der Waals surface area contributed by atoms with Gasteiger partial charge in [-0.25, -0.2) is 0 Å². The maximum absolute atomic E-state index is 10.3. The first-order valence-electron chi connectivity index (χ1n) is 8.40. The molecule has 19 heavy (non-hydrogen) atoms. The van der Waals surface area contributed by atoms with Crippen molar-refractivity contribution in [2.45, 2.75) is 57.6 Å². The lowest BCUT2D eigenvalue weighted by Gasteiger charge is -2.34. The van der Waals surface area contributed by atoms with Gasteiger partial charge >= 0.3 is 0 Å². The molecule has 0 aliphatic carbocycles. The average Bonchev–Trinajstić information content (AvgIpc) is 2.99. The van der Waals surface area contributed by atoms with Crippen molar-refractivity contribution in [3.8, 4) is 0 Å². The van der Waals surface area contributed by atoms with E-state index in [0.717, 1.165) is 10.9 Å². The van der Waals surface area contributed by atoms with Gasteiger partial charge in [0.15, 0.2) is 6.23 Å². The van der Waals surface area contributed by atoms with Crippen LogP contribution in [0.1, 0.15) is 51.4 Å². The van der Waals surface area contributed by atoms with E-state index in [0.29, 0.717) is 0 Å². The van der Waals surface area contributed by atoms with E-state index in [1.54, 1.807) is 0 Å². The van der Waals surface area contributed by atoms with Crippen LogP contribution in [0, 0.1) is 0 Å². The van der Waals surface area contributed by atoms with Gasteiger partial charge in [-0.15, -0.1) is 0 Å². The molecule has 1 unspecified atom stereocenters. The zero-order valence-electron chi connectivity index (χ0n) is 13.1. The third-order valence-corrected chi connectivity index (χ3v) is 5.61. The normalized spacial score (nSPS) is 26.7. The Morgan fingerprint density at radius 1 is 0.842 bits per heavy atom. The monoisotopic (exact) mass is 270 g/mol. The van der Waals surface area contributed by atoms with Crippen LogP contribution in [0.5, 0.6) is 0 Å². The van der Waals surface area contributed by atoms with E-state index < -0.39 is 0 Å². The highest BCUT2D eigenvalue weighted by Crippen LogP contribution is 2.23.